The first-order valence-corrected chi connectivity index (χ1v) is 6.47. The van der Waals surface area contributed by atoms with Crippen molar-refractivity contribution in [3.8, 4) is 5.75 Å². The molecule has 20 heavy (non-hydrogen) atoms. The van der Waals surface area contributed by atoms with Crippen molar-refractivity contribution < 1.29 is 23.0 Å². The summed E-state index contributed by atoms with van der Waals surface area (Å²) >= 11 is 0. The third kappa shape index (κ3) is 4.68. The summed E-state index contributed by atoms with van der Waals surface area (Å²) < 4.78 is 41.9. The van der Waals surface area contributed by atoms with Gasteiger partial charge in [0.25, 0.3) is 0 Å². The number of nitrogens with one attached hydrogen (secondary N) is 1. The summed E-state index contributed by atoms with van der Waals surface area (Å²) in [5, 5.41) is 12.2. The van der Waals surface area contributed by atoms with Crippen LogP contribution in [-0.2, 0) is 0 Å². The molecule has 1 aromatic carbocycles. The highest BCUT2D eigenvalue weighted by atomic mass is 19.4. The van der Waals surface area contributed by atoms with E-state index in [1.807, 2.05) is 26.8 Å². The van der Waals surface area contributed by atoms with Gasteiger partial charge >= 0.3 is 6.18 Å². The molecule has 0 heterocycles. The first-order valence-electron chi connectivity index (χ1n) is 6.47. The molecule has 1 aromatic rings. The van der Waals surface area contributed by atoms with Gasteiger partial charge in [0.2, 0.25) is 0 Å². The van der Waals surface area contributed by atoms with Gasteiger partial charge in [-0.25, -0.2) is 0 Å². The molecule has 0 radical (unpaired) electrons. The molecule has 0 amide bonds. The molecule has 0 fully saturated rings. The zero-order valence-electron chi connectivity index (χ0n) is 11.8. The van der Waals surface area contributed by atoms with Crippen molar-refractivity contribution in [2.24, 2.45) is 0 Å². The fraction of sp³-hybridized carbons (Fsp3) is 0.571. The Balaban J connectivity index is 2.84. The standard InChI is InChI=1S/C14H20F3NO2/c1-4-18-10(3)11-7-9(2)5-6-12(11)20-8-13(19)14(15,16)17/h5-7,10,13,18-19H,4,8H2,1-3H3. The Morgan fingerprint density at radius 1 is 1.35 bits per heavy atom. The fourth-order valence-corrected chi connectivity index (χ4v) is 1.82. The topological polar surface area (TPSA) is 41.5 Å². The zero-order valence-corrected chi connectivity index (χ0v) is 11.8. The maximum absolute atomic E-state index is 12.3. The zero-order chi connectivity index (χ0) is 15.3. The van der Waals surface area contributed by atoms with Gasteiger partial charge in [0, 0.05) is 11.6 Å². The van der Waals surface area contributed by atoms with Crippen LogP contribution in [0.3, 0.4) is 0 Å². The van der Waals surface area contributed by atoms with E-state index in [-0.39, 0.29) is 6.04 Å². The van der Waals surface area contributed by atoms with E-state index in [4.69, 9.17) is 9.84 Å². The lowest BCUT2D eigenvalue weighted by molar-refractivity contribution is -0.210. The molecule has 0 aliphatic carbocycles. The highest BCUT2D eigenvalue weighted by Gasteiger charge is 2.38. The monoisotopic (exact) mass is 291 g/mol. The summed E-state index contributed by atoms with van der Waals surface area (Å²) in [7, 11) is 0. The summed E-state index contributed by atoms with van der Waals surface area (Å²) in [5.74, 6) is 0.354. The van der Waals surface area contributed by atoms with E-state index in [0.29, 0.717) is 5.75 Å². The van der Waals surface area contributed by atoms with Crippen LogP contribution in [0.4, 0.5) is 13.2 Å². The lowest BCUT2D eigenvalue weighted by atomic mass is 10.0. The Labute approximate surface area is 116 Å². The van der Waals surface area contributed by atoms with E-state index in [9.17, 15) is 13.2 Å². The Morgan fingerprint density at radius 2 is 2.00 bits per heavy atom. The number of aliphatic hydroxyl groups is 1. The predicted molar refractivity (Wildman–Crippen MR) is 70.8 cm³/mol. The smallest absolute Gasteiger partial charge is 0.417 e. The molecule has 1 rings (SSSR count). The highest BCUT2D eigenvalue weighted by Crippen LogP contribution is 2.28. The average molecular weight is 291 g/mol. The normalized spacial score (nSPS) is 14.9. The number of ether oxygens (including phenoxy) is 1. The molecule has 114 valence electrons. The Morgan fingerprint density at radius 3 is 2.55 bits per heavy atom. The van der Waals surface area contributed by atoms with Crippen LogP contribution in [0, 0.1) is 6.92 Å². The number of hydrogen-bond acceptors (Lipinski definition) is 3. The average Bonchev–Trinajstić information content (AvgIpc) is 2.36. The van der Waals surface area contributed by atoms with E-state index in [1.54, 1.807) is 12.1 Å². The molecule has 2 N–H and O–H groups in total. The fourth-order valence-electron chi connectivity index (χ4n) is 1.82. The second-order valence-electron chi connectivity index (χ2n) is 4.69. The summed E-state index contributed by atoms with van der Waals surface area (Å²) in [6.45, 7) is 5.68. The van der Waals surface area contributed by atoms with Crippen LogP contribution in [0.1, 0.15) is 31.0 Å². The van der Waals surface area contributed by atoms with Gasteiger partial charge in [-0.3, -0.25) is 0 Å². The van der Waals surface area contributed by atoms with Gasteiger partial charge in [-0.15, -0.1) is 0 Å². The number of benzene rings is 1. The molecule has 2 atom stereocenters. The first kappa shape index (κ1) is 16.8. The molecule has 0 aliphatic rings. The van der Waals surface area contributed by atoms with E-state index in [1.165, 1.54) is 0 Å². The molecule has 0 saturated heterocycles. The summed E-state index contributed by atoms with van der Waals surface area (Å²) in [6.07, 6.45) is -7.15. The molecule has 0 saturated carbocycles. The van der Waals surface area contributed by atoms with Crippen LogP contribution in [0.15, 0.2) is 18.2 Å². The van der Waals surface area contributed by atoms with E-state index >= 15 is 0 Å². The van der Waals surface area contributed by atoms with Crippen LogP contribution >= 0.6 is 0 Å². The van der Waals surface area contributed by atoms with Crippen molar-refractivity contribution in [3.05, 3.63) is 29.3 Å². The molecule has 0 aromatic heterocycles. The summed E-state index contributed by atoms with van der Waals surface area (Å²) in [5.41, 5.74) is 1.77. The largest absolute Gasteiger partial charge is 0.490 e. The number of aliphatic hydroxyl groups excluding tert-OH is 1. The van der Waals surface area contributed by atoms with Crippen LogP contribution < -0.4 is 10.1 Å². The first-order chi connectivity index (χ1) is 9.25. The minimum absolute atomic E-state index is 0.0436. The lowest BCUT2D eigenvalue weighted by Gasteiger charge is -2.20. The van der Waals surface area contributed by atoms with Crippen LogP contribution in [-0.4, -0.2) is 30.5 Å². The molecule has 0 aliphatic heterocycles. The number of rotatable bonds is 6. The lowest BCUT2D eigenvalue weighted by Crippen LogP contribution is -2.34. The van der Waals surface area contributed by atoms with Crippen LogP contribution in [0.2, 0.25) is 0 Å². The number of alkyl halides is 3. The minimum Gasteiger partial charge on any atom is -0.490 e. The number of hydrogen-bond donors (Lipinski definition) is 2. The van der Waals surface area contributed by atoms with Gasteiger partial charge in [0.05, 0.1) is 0 Å². The van der Waals surface area contributed by atoms with E-state index < -0.39 is 18.9 Å². The van der Waals surface area contributed by atoms with Gasteiger partial charge in [-0.1, -0.05) is 24.6 Å². The van der Waals surface area contributed by atoms with Crippen molar-refractivity contribution in [3.63, 3.8) is 0 Å². The van der Waals surface area contributed by atoms with Crippen LogP contribution in [0.25, 0.3) is 0 Å². The summed E-state index contributed by atoms with van der Waals surface area (Å²) in [6, 6.07) is 5.21. The maximum Gasteiger partial charge on any atom is 0.417 e. The minimum atomic E-state index is -4.67. The molecule has 6 heteroatoms. The molecule has 0 spiro atoms. The van der Waals surface area contributed by atoms with Crippen LogP contribution in [0.5, 0.6) is 5.75 Å². The van der Waals surface area contributed by atoms with Gasteiger partial charge in [-0.05, 0) is 26.5 Å². The predicted octanol–water partition coefficient (Wildman–Crippen LogP) is 2.97. The third-order valence-electron chi connectivity index (χ3n) is 2.92. The van der Waals surface area contributed by atoms with Crippen molar-refractivity contribution in [2.75, 3.05) is 13.2 Å². The van der Waals surface area contributed by atoms with Crippen molar-refractivity contribution in [1.29, 1.82) is 0 Å². The quantitative estimate of drug-likeness (QED) is 0.846. The molecule has 2 unspecified atom stereocenters. The maximum atomic E-state index is 12.3. The summed E-state index contributed by atoms with van der Waals surface area (Å²) in [4.78, 5) is 0. The Hall–Kier alpha value is -1.27. The van der Waals surface area contributed by atoms with Crippen molar-refractivity contribution in [2.45, 2.75) is 39.1 Å². The van der Waals surface area contributed by atoms with Crippen molar-refractivity contribution >= 4 is 0 Å². The third-order valence-corrected chi connectivity index (χ3v) is 2.92. The van der Waals surface area contributed by atoms with E-state index in [0.717, 1.165) is 17.7 Å². The molecule has 0 bridgehead atoms. The van der Waals surface area contributed by atoms with Gasteiger partial charge in [-0.2, -0.15) is 13.2 Å². The number of aryl methyl sites for hydroxylation is 1. The molecular weight excluding hydrogens is 271 g/mol. The van der Waals surface area contributed by atoms with Gasteiger partial charge < -0.3 is 15.2 Å². The van der Waals surface area contributed by atoms with Crippen molar-refractivity contribution in [1.82, 2.24) is 5.32 Å². The SMILES string of the molecule is CCNC(C)c1cc(C)ccc1OCC(O)C(F)(F)F. The Kier molecular flexibility index (Phi) is 5.83. The van der Waals surface area contributed by atoms with Gasteiger partial charge in [0.1, 0.15) is 12.4 Å². The molecule has 3 nitrogen and oxygen atoms in total. The number of halogens is 3. The Bertz CT molecular complexity index is 435. The highest BCUT2D eigenvalue weighted by molar-refractivity contribution is 5.39. The second kappa shape index (κ2) is 6.95. The van der Waals surface area contributed by atoms with Gasteiger partial charge in [0.15, 0.2) is 6.10 Å². The van der Waals surface area contributed by atoms with E-state index in [2.05, 4.69) is 5.32 Å². The molecular formula is C14H20F3NO2. The second-order valence-corrected chi connectivity index (χ2v) is 4.69.